The topological polar surface area (TPSA) is 9.23 Å². The van der Waals surface area contributed by atoms with Gasteiger partial charge in [0.2, 0.25) is 0 Å². The molecular weight excluding hydrogens is 147 g/mol. The van der Waals surface area contributed by atoms with Crippen molar-refractivity contribution in [2.45, 2.75) is 52.4 Å². The zero-order chi connectivity index (χ0) is 8.36. The van der Waals surface area contributed by atoms with Gasteiger partial charge in [0.1, 0.15) is 0 Å². The van der Waals surface area contributed by atoms with E-state index in [1.54, 1.807) is 0 Å². The molecule has 0 bridgehead atoms. The summed E-state index contributed by atoms with van der Waals surface area (Å²) in [6.45, 7) is 6.38. The molecule has 71 valence electrons. The Hall–Kier alpha value is 0.0249. The number of hydrogen-bond acceptors (Lipinski definition) is 1. The van der Waals surface area contributed by atoms with E-state index in [0.717, 1.165) is 13.2 Å². The first-order chi connectivity index (χ1) is 5.41. The third-order valence-electron chi connectivity index (χ3n) is 1.78. The first-order valence-electron chi connectivity index (χ1n) is 4.99. The smallest absolute Gasteiger partial charge is 0.0466 e. The van der Waals surface area contributed by atoms with E-state index < -0.39 is 0 Å². The van der Waals surface area contributed by atoms with Crippen LogP contribution in [0.15, 0.2) is 0 Å². The van der Waals surface area contributed by atoms with Gasteiger partial charge in [-0.25, -0.2) is 0 Å². The van der Waals surface area contributed by atoms with E-state index in [1.165, 1.54) is 38.5 Å². The van der Waals surface area contributed by atoms with Crippen LogP contribution in [-0.4, -0.2) is 21.6 Å². The van der Waals surface area contributed by atoms with Crippen LogP contribution in [0.2, 0.25) is 0 Å². The highest BCUT2D eigenvalue weighted by atomic mass is 16.5. The molecule has 0 atom stereocenters. The number of hydrogen-bond donors (Lipinski definition) is 0. The summed E-state index contributed by atoms with van der Waals surface area (Å²) in [4.78, 5) is 0. The number of rotatable bonds is 8. The van der Waals surface area contributed by atoms with Crippen LogP contribution in [-0.2, 0) is 4.74 Å². The monoisotopic (exact) mass is 169 g/mol. The summed E-state index contributed by atoms with van der Waals surface area (Å²) in [7, 11) is 0. The molecule has 0 fully saturated rings. The van der Waals surface area contributed by atoms with Gasteiger partial charge < -0.3 is 4.74 Å². The van der Waals surface area contributed by atoms with Crippen molar-refractivity contribution in [3.8, 4) is 0 Å². The van der Waals surface area contributed by atoms with E-state index in [0.29, 0.717) is 0 Å². The standard InChI is InChI=1S/C10H22O.B/c1-3-5-7-9-11-10-8-6-4-2;/h3-10H2,1-2H3;. The molecule has 0 amide bonds. The minimum atomic E-state index is 0. The molecule has 0 unspecified atom stereocenters. The summed E-state index contributed by atoms with van der Waals surface area (Å²) in [5.41, 5.74) is 0. The molecule has 0 spiro atoms. The minimum Gasteiger partial charge on any atom is -0.381 e. The first kappa shape index (κ1) is 14.5. The van der Waals surface area contributed by atoms with Gasteiger partial charge in [0.05, 0.1) is 0 Å². The van der Waals surface area contributed by atoms with Crippen LogP contribution in [0.5, 0.6) is 0 Å². The van der Waals surface area contributed by atoms with E-state index in [4.69, 9.17) is 4.74 Å². The average Bonchev–Trinajstić information content (AvgIpc) is 2.03. The molecule has 0 aromatic carbocycles. The van der Waals surface area contributed by atoms with Crippen molar-refractivity contribution in [1.82, 2.24) is 0 Å². The van der Waals surface area contributed by atoms with Crippen molar-refractivity contribution in [2.24, 2.45) is 0 Å². The van der Waals surface area contributed by atoms with E-state index in [1.807, 2.05) is 0 Å². The average molecular weight is 169 g/mol. The van der Waals surface area contributed by atoms with Gasteiger partial charge in [-0.15, -0.1) is 0 Å². The molecule has 0 saturated carbocycles. The molecule has 2 heteroatoms. The van der Waals surface area contributed by atoms with Crippen LogP contribution >= 0.6 is 0 Å². The third-order valence-corrected chi connectivity index (χ3v) is 1.78. The predicted molar refractivity (Wildman–Crippen MR) is 55.6 cm³/mol. The normalized spacial score (nSPS) is 9.50. The molecule has 0 aromatic rings. The lowest BCUT2D eigenvalue weighted by atomic mass is 10.2. The van der Waals surface area contributed by atoms with E-state index >= 15 is 0 Å². The van der Waals surface area contributed by atoms with Crippen LogP contribution in [0.25, 0.3) is 0 Å². The van der Waals surface area contributed by atoms with Gasteiger partial charge in [-0.2, -0.15) is 0 Å². The minimum absolute atomic E-state index is 0. The molecule has 0 aromatic heterocycles. The van der Waals surface area contributed by atoms with Crippen molar-refractivity contribution in [3.63, 3.8) is 0 Å². The molecule has 0 aliphatic carbocycles. The Bertz CT molecular complexity index is 58.9. The Morgan fingerprint density at radius 1 is 0.750 bits per heavy atom. The van der Waals surface area contributed by atoms with Crippen LogP contribution in [0, 0.1) is 0 Å². The second-order valence-corrected chi connectivity index (χ2v) is 3.03. The molecule has 0 rings (SSSR count). The van der Waals surface area contributed by atoms with Crippen molar-refractivity contribution in [2.75, 3.05) is 13.2 Å². The van der Waals surface area contributed by atoms with Crippen molar-refractivity contribution < 1.29 is 4.74 Å². The highest BCUT2D eigenvalue weighted by molar-refractivity contribution is 5.75. The van der Waals surface area contributed by atoms with Gasteiger partial charge in [0.15, 0.2) is 0 Å². The van der Waals surface area contributed by atoms with Crippen LogP contribution < -0.4 is 0 Å². The maximum absolute atomic E-state index is 5.44. The zero-order valence-corrected chi connectivity index (χ0v) is 8.64. The fraction of sp³-hybridized carbons (Fsp3) is 1.00. The van der Waals surface area contributed by atoms with Gasteiger partial charge in [-0.05, 0) is 12.8 Å². The molecular formula is C10H22BO. The van der Waals surface area contributed by atoms with Crippen LogP contribution in [0.1, 0.15) is 52.4 Å². The van der Waals surface area contributed by atoms with Gasteiger partial charge in [0.25, 0.3) is 0 Å². The number of ether oxygens (including phenoxy) is 1. The van der Waals surface area contributed by atoms with Gasteiger partial charge >= 0.3 is 0 Å². The first-order valence-corrected chi connectivity index (χ1v) is 4.99. The second kappa shape index (κ2) is 13.6. The quantitative estimate of drug-likeness (QED) is 0.401. The molecule has 0 aliphatic rings. The fourth-order valence-corrected chi connectivity index (χ4v) is 1.01. The predicted octanol–water partition coefficient (Wildman–Crippen LogP) is 3.00. The highest BCUT2D eigenvalue weighted by Gasteiger charge is 1.88. The van der Waals surface area contributed by atoms with E-state index in [2.05, 4.69) is 13.8 Å². The fourth-order valence-electron chi connectivity index (χ4n) is 1.01. The maximum atomic E-state index is 5.44. The van der Waals surface area contributed by atoms with E-state index in [-0.39, 0.29) is 8.41 Å². The summed E-state index contributed by atoms with van der Waals surface area (Å²) >= 11 is 0. The molecule has 0 N–H and O–H groups in total. The van der Waals surface area contributed by atoms with Crippen LogP contribution in [0.4, 0.5) is 0 Å². The largest absolute Gasteiger partial charge is 0.381 e. The lowest BCUT2D eigenvalue weighted by Crippen LogP contribution is -1.96. The second-order valence-electron chi connectivity index (χ2n) is 3.03. The third kappa shape index (κ3) is 12.7. The Morgan fingerprint density at radius 2 is 1.17 bits per heavy atom. The summed E-state index contributed by atoms with van der Waals surface area (Å²) in [6, 6.07) is 0. The molecule has 0 heterocycles. The number of unbranched alkanes of at least 4 members (excludes halogenated alkanes) is 4. The van der Waals surface area contributed by atoms with Gasteiger partial charge in [0, 0.05) is 21.6 Å². The lowest BCUT2D eigenvalue weighted by Gasteiger charge is -2.01. The highest BCUT2D eigenvalue weighted by Crippen LogP contribution is 1.97. The molecule has 12 heavy (non-hydrogen) atoms. The molecule has 1 nitrogen and oxygen atoms in total. The summed E-state index contributed by atoms with van der Waals surface area (Å²) in [5, 5.41) is 0. The van der Waals surface area contributed by atoms with Crippen molar-refractivity contribution >= 4 is 8.41 Å². The Kier molecular flexibility index (Phi) is 16.5. The van der Waals surface area contributed by atoms with Gasteiger partial charge in [-0.3, -0.25) is 0 Å². The van der Waals surface area contributed by atoms with Crippen molar-refractivity contribution in [1.29, 1.82) is 0 Å². The lowest BCUT2D eigenvalue weighted by molar-refractivity contribution is 0.126. The zero-order valence-electron chi connectivity index (χ0n) is 8.64. The summed E-state index contributed by atoms with van der Waals surface area (Å²) in [5.74, 6) is 0. The molecule has 0 aliphatic heterocycles. The Labute approximate surface area is 79.5 Å². The van der Waals surface area contributed by atoms with Crippen molar-refractivity contribution in [3.05, 3.63) is 0 Å². The maximum Gasteiger partial charge on any atom is 0.0466 e. The molecule has 3 radical (unpaired) electrons. The van der Waals surface area contributed by atoms with Crippen LogP contribution in [0.3, 0.4) is 0 Å². The van der Waals surface area contributed by atoms with Gasteiger partial charge in [-0.1, -0.05) is 39.5 Å². The Balaban J connectivity index is 0. The Morgan fingerprint density at radius 3 is 1.50 bits per heavy atom. The SMILES string of the molecule is CCCCCOCCCCC.[B]. The summed E-state index contributed by atoms with van der Waals surface area (Å²) < 4.78 is 5.44. The molecule has 0 saturated heterocycles. The summed E-state index contributed by atoms with van der Waals surface area (Å²) in [6.07, 6.45) is 7.68. The van der Waals surface area contributed by atoms with E-state index in [9.17, 15) is 0 Å².